The van der Waals surface area contributed by atoms with Gasteiger partial charge in [0.05, 0.1) is 26.7 Å². The summed E-state index contributed by atoms with van der Waals surface area (Å²) in [6.45, 7) is 6.12. The summed E-state index contributed by atoms with van der Waals surface area (Å²) in [7, 11) is 4.78. The number of hydrogen-bond acceptors (Lipinski definition) is 7. The number of rotatable bonds is 5. The second kappa shape index (κ2) is 8.02. The van der Waals surface area contributed by atoms with E-state index in [0.29, 0.717) is 28.5 Å². The number of nitrogens with two attached hydrogens (primary N) is 1. The average molecular weight is 454 g/mol. The van der Waals surface area contributed by atoms with Crippen LogP contribution in [0.25, 0.3) is 22.4 Å². The topological polar surface area (TPSA) is 88.6 Å². The third-order valence-corrected chi connectivity index (χ3v) is 7.20. The van der Waals surface area contributed by atoms with E-state index in [9.17, 15) is 4.79 Å². The van der Waals surface area contributed by atoms with Gasteiger partial charge in [-0.25, -0.2) is 9.66 Å². The van der Waals surface area contributed by atoms with Crippen molar-refractivity contribution in [3.05, 3.63) is 56.0 Å². The summed E-state index contributed by atoms with van der Waals surface area (Å²) >= 11 is 1.58. The van der Waals surface area contributed by atoms with Crippen molar-refractivity contribution in [3.63, 3.8) is 0 Å². The first kappa shape index (κ1) is 22.0. The van der Waals surface area contributed by atoms with Gasteiger partial charge in [-0.1, -0.05) is 26.0 Å². The molecule has 3 aromatic rings. The van der Waals surface area contributed by atoms with Crippen molar-refractivity contribution in [2.75, 3.05) is 27.2 Å². The van der Waals surface area contributed by atoms with E-state index in [2.05, 4.69) is 31.0 Å². The molecule has 0 saturated carbocycles. The molecular weight excluding hydrogens is 426 g/mol. The quantitative estimate of drug-likeness (QED) is 0.580. The van der Waals surface area contributed by atoms with Crippen LogP contribution in [0.2, 0.25) is 0 Å². The Hall–Kier alpha value is -3.26. The maximum absolute atomic E-state index is 12.9. The number of nitrogens with zero attached hydrogens (tertiary/aromatic N) is 2. The average Bonchev–Trinajstić information content (AvgIpc) is 3.14. The fraction of sp³-hybridized carbons (Fsp3) is 0.333. The summed E-state index contributed by atoms with van der Waals surface area (Å²) < 4.78 is 17.4. The van der Waals surface area contributed by atoms with Crippen LogP contribution < -0.4 is 25.6 Å². The Labute approximate surface area is 190 Å². The first-order chi connectivity index (χ1) is 15.2. The molecule has 1 aliphatic rings. The molecule has 2 N–H and O–H groups in total. The van der Waals surface area contributed by atoms with Gasteiger partial charge in [-0.3, -0.25) is 4.79 Å². The fourth-order valence-corrected chi connectivity index (χ4v) is 5.45. The molecule has 1 aromatic carbocycles. The smallest absolute Gasteiger partial charge is 0.281 e. The van der Waals surface area contributed by atoms with Gasteiger partial charge in [-0.2, -0.15) is 0 Å². The normalized spacial score (nSPS) is 15.0. The summed E-state index contributed by atoms with van der Waals surface area (Å²) in [5.41, 5.74) is 2.60. The van der Waals surface area contributed by atoms with Crippen LogP contribution in [-0.2, 0) is 5.41 Å². The molecule has 0 saturated heterocycles. The summed E-state index contributed by atoms with van der Waals surface area (Å²) in [4.78, 5) is 19.3. The highest BCUT2D eigenvalue weighted by Gasteiger charge is 2.32. The molecule has 2 heterocycles. The van der Waals surface area contributed by atoms with Crippen molar-refractivity contribution in [2.24, 2.45) is 0 Å². The van der Waals surface area contributed by atoms with Crippen LogP contribution in [0.3, 0.4) is 0 Å². The van der Waals surface area contributed by atoms with Gasteiger partial charge in [0.25, 0.3) is 5.56 Å². The van der Waals surface area contributed by atoms with Gasteiger partial charge in [0, 0.05) is 15.9 Å². The zero-order chi connectivity index (χ0) is 23.2. The Balaban J connectivity index is 1.81. The minimum absolute atomic E-state index is 0.135. The van der Waals surface area contributed by atoms with Crippen LogP contribution in [0, 0.1) is 6.92 Å². The van der Waals surface area contributed by atoms with Crippen molar-refractivity contribution in [2.45, 2.75) is 32.6 Å². The zero-order valence-electron chi connectivity index (χ0n) is 19.1. The number of methoxy groups -OCH3 is 3. The second-order valence-corrected chi connectivity index (χ2v) is 9.43. The molecule has 0 radical (unpaired) electrons. The van der Waals surface area contributed by atoms with Gasteiger partial charge in [0.1, 0.15) is 10.7 Å². The van der Waals surface area contributed by atoms with Crippen molar-refractivity contribution < 1.29 is 14.2 Å². The Bertz CT molecular complexity index is 1310. The Morgan fingerprint density at radius 2 is 1.78 bits per heavy atom. The van der Waals surface area contributed by atoms with Gasteiger partial charge >= 0.3 is 0 Å². The van der Waals surface area contributed by atoms with E-state index in [0.717, 1.165) is 37.5 Å². The van der Waals surface area contributed by atoms with Gasteiger partial charge in [0.15, 0.2) is 11.5 Å². The second-order valence-electron chi connectivity index (χ2n) is 8.43. The predicted molar refractivity (Wildman–Crippen MR) is 130 cm³/mol. The highest BCUT2D eigenvalue weighted by Crippen LogP contribution is 2.46. The summed E-state index contributed by atoms with van der Waals surface area (Å²) in [5, 5.41) is 0.588. The lowest BCUT2D eigenvalue weighted by Gasteiger charge is -2.29. The van der Waals surface area contributed by atoms with E-state index in [4.69, 9.17) is 20.1 Å². The Kier molecular flexibility index (Phi) is 5.50. The van der Waals surface area contributed by atoms with Crippen molar-refractivity contribution >= 4 is 33.7 Å². The maximum Gasteiger partial charge on any atom is 0.281 e. The molecule has 0 aliphatic heterocycles. The van der Waals surface area contributed by atoms with Crippen LogP contribution in [0.4, 0.5) is 0 Å². The van der Waals surface area contributed by atoms with Crippen molar-refractivity contribution in [1.29, 1.82) is 0 Å². The number of fused-ring (bicyclic) bond motifs is 3. The number of allylic oxidation sites excluding steroid dienone is 2. The molecule has 0 atom stereocenters. The molecule has 7 nitrogen and oxygen atoms in total. The van der Waals surface area contributed by atoms with Crippen LogP contribution in [0.1, 0.15) is 42.1 Å². The van der Waals surface area contributed by atoms with Gasteiger partial charge in [0.2, 0.25) is 5.75 Å². The fourth-order valence-electron chi connectivity index (χ4n) is 4.16. The molecule has 2 aromatic heterocycles. The molecule has 0 spiro atoms. The minimum atomic E-state index is -0.216. The number of hydrogen-bond donors (Lipinski definition) is 1. The lowest BCUT2D eigenvalue weighted by molar-refractivity contribution is 0.324. The number of thiophene rings is 1. The number of aromatic nitrogens is 2. The van der Waals surface area contributed by atoms with E-state index in [1.165, 1.54) is 0 Å². The molecule has 0 amide bonds. The molecule has 0 unspecified atom stereocenters. The van der Waals surface area contributed by atoms with Crippen LogP contribution in [-0.4, -0.2) is 31.0 Å². The highest BCUT2D eigenvalue weighted by molar-refractivity contribution is 7.19. The van der Waals surface area contributed by atoms with E-state index in [1.54, 1.807) is 39.6 Å². The van der Waals surface area contributed by atoms with Crippen LogP contribution >= 0.6 is 11.3 Å². The third-order valence-electron chi connectivity index (χ3n) is 5.74. The number of ether oxygens (including phenoxy) is 3. The van der Waals surface area contributed by atoms with E-state index in [-0.39, 0.29) is 11.0 Å². The molecular formula is C24H27N3O4S. The van der Waals surface area contributed by atoms with E-state index in [1.807, 2.05) is 18.2 Å². The standard InChI is InChI=1S/C24H27N3O4S/c1-13-26-22-19(23(28)27(13)25)16-9-15(12-24(2,3)21(16)32-22)8-7-14-10-17(29-4)20(31-6)18(11-14)30-5/h7-11H,12,25H2,1-6H3/b8-7+. The number of benzene rings is 1. The first-order valence-corrected chi connectivity index (χ1v) is 11.0. The van der Waals surface area contributed by atoms with Gasteiger partial charge < -0.3 is 20.1 Å². The van der Waals surface area contributed by atoms with Crippen molar-refractivity contribution in [1.82, 2.24) is 9.66 Å². The Morgan fingerprint density at radius 3 is 2.38 bits per heavy atom. The molecule has 32 heavy (non-hydrogen) atoms. The maximum atomic E-state index is 12.9. The summed E-state index contributed by atoms with van der Waals surface area (Å²) in [5.74, 6) is 8.19. The minimum Gasteiger partial charge on any atom is -0.493 e. The van der Waals surface area contributed by atoms with Crippen LogP contribution in [0.5, 0.6) is 17.2 Å². The third kappa shape index (κ3) is 3.54. The molecule has 1 aliphatic carbocycles. The molecule has 0 fully saturated rings. The predicted octanol–water partition coefficient (Wildman–Crippen LogP) is 4.28. The molecule has 4 rings (SSSR count). The molecule has 0 bridgehead atoms. The summed E-state index contributed by atoms with van der Waals surface area (Å²) in [6.07, 6.45) is 6.99. The van der Waals surface area contributed by atoms with E-state index >= 15 is 0 Å². The molecule has 8 heteroatoms. The summed E-state index contributed by atoms with van der Waals surface area (Å²) in [6, 6.07) is 3.80. The number of nitrogen functional groups attached to an aromatic ring is 1. The van der Waals surface area contributed by atoms with Gasteiger partial charge in [-0.15, -0.1) is 11.3 Å². The highest BCUT2D eigenvalue weighted by atomic mass is 32.1. The Morgan fingerprint density at radius 1 is 1.12 bits per heavy atom. The zero-order valence-corrected chi connectivity index (χ0v) is 19.9. The van der Waals surface area contributed by atoms with Gasteiger partial charge in [-0.05, 0) is 42.7 Å². The van der Waals surface area contributed by atoms with E-state index < -0.39 is 0 Å². The largest absolute Gasteiger partial charge is 0.493 e. The molecule has 168 valence electrons. The first-order valence-electron chi connectivity index (χ1n) is 10.2. The number of aryl methyl sites for hydroxylation is 1. The SMILES string of the molecule is COc1cc(/C=C/C2=Cc3c(sc4nc(C)n(N)c(=O)c34)C(C)(C)C2)cc(OC)c1OC. The monoisotopic (exact) mass is 453 g/mol. The van der Waals surface area contributed by atoms with Crippen molar-refractivity contribution in [3.8, 4) is 17.2 Å². The lowest BCUT2D eigenvalue weighted by atomic mass is 9.77. The van der Waals surface area contributed by atoms with Crippen LogP contribution in [0.15, 0.2) is 28.6 Å². The lowest BCUT2D eigenvalue weighted by Crippen LogP contribution is -2.30.